The van der Waals surface area contributed by atoms with Gasteiger partial charge < -0.3 is 9.98 Å². The summed E-state index contributed by atoms with van der Waals surface area (Å²) in [4.78, 5) is 9.26. The Hall–Kier alpha value is -3.87. The van der Waals surface area contributed by atoms with Crippen molar-refractivity contribution in [1.29, 1.82) is 5.41 Å². The first-order valence-corrected chi connectivity index (χ1v) is 10.6. The first kappa shape index (κ1) is 20.1. The van der Waals surface area contributed by atoms with Crippen LogP contribution < -0.4 is 0 Å². The van der Waals surface area contributed by atoms with Crippen molar-refractivity contribution < 1.29 is 4.39 Å². The fourth-order valence-electron chi connectivity index (χ4n) is 4.20. The molecule has 1 aliphatic rings. The van der Waals surface area contributed by atoms with Gasteiger partial charge in [0.2, 0.25) is 0 Å². The van der Waals surface area contributed by atoms with Crippen LogP contribution in [0.2, 0.25) is 0 Å². The zero-order chi connectivity index (χ0) is 22.2. The second-order valence-electron chi connectivity index (χ2n) is 7.98. The van der Waals surface area contributed by atoms with Crippen LogP contribution in [0.25, 0.3) is 28.3 Å². The molecule has 0 fully saturated rings. The molecule has 7 heteroatoms. The third-order valence-electron chi connectivity index (χ3n) is 5.80. The lowest BCUT2D eigenvalue weighted by Crippen LogP contribution is -2.15. The number of aryl methyl sites for hydroxylation is 2. The number of nitrogens with one attached hydrogen (secondary N) is 1. The molecule has 5 rings (SSSR count). The number of hydrogen-bond donors (Lipinski definition) is 1. The zero-order valence-corrected chi connectivity index (χ0v) is 18.0. The highest BCUT2D eigenvalue weighted by Gasteiger charge is 2.25. The van der Waals surface area contributed by atoms with E-state index in [9.17, 15) is 4.39 Å². The maximum atomic E-state index is 13.5. The maximum Gasteiger partial charge on any atom is 0.155 e. The van der Waals surface area contributed by atoms with Crippen LogP contribution in [0.4, 0.5) is 4.39 Å². The smallest absolute Gasteiger partial charge is 0.155 e. The molecule has 0 atom stereocenters. The van der Waals surface area contributed by atoms with Gasteiger partial charge in [-0.2, -0.15) is 5.10 Å². The van der Waals surface area contributed by atoms with Gasteiger partial charge in [0.25, 0.3) is 0 Å². The lowest BCUT2D eigenvalue weighted by atomic mass is 9.98. The average molecular weight is 426 g/mol. The Morgan fingerprint density at radius 1 is 1.22 bits per heavy atom. The lowest BCUT2D eigenvalue weighted by Gasteiger charge is -2.20. The van der Waals surface area contributed by atoms with E-state index in [1.165, 1.54) is 35.7 Å². The Kier molecular flexibility index (Phi) is 5.01. The van der Waals surface area contributed by atoms with Crippen molar-refractivity contribution in [1.82, 2.24) is 24.1 Å². The number of halogens is 1. The van der Waals surface area contributed by atoms with Gasteiger partial charge in [-0.15, -0.1) is 0 Å². The molecule has 4 aromatic rings. The lowest BCUT2D eigenvalue weighted by molar-refractivity contribution is 0.661. The molecule has 1 aliphatic heterocycles. The second kappa shape index (κ2) is 8.00. The maximum absolute atomic E-state index is 13.5. The number of aromatic nitrogens is 5. The van der Waals surface area contributed by atoms with E-state index in [-0.39, 0.29) is 5.83 Å². The van der Waals surface area contributed by atoms with E-state index in [4.69, 9.17) is 10.4 Å². The normalized spacial score (nSPS) is 13.5. The summed E-state index contributed by atoms with van der Waals surface area (Å²) in [6.45, 7) is 4.52. The number of benzene rings is 1. The molecule has 0 saturated carbocycles. The Bertz CT molecular complexity index is 1410. The van der Waals surface area contributed by atoms with Crippen molar-refractivity contribution in [3.63, 3.8) is 0 Å². The van der Waals surface area contributed by atoms with Crippen LogP contribution in [0.5, 0.6) is 0 Å². The van der Waals surface area contributed by atoms with Gasteiger partial charge in [-0.3, -0.25) is 0 Å². The van der Waals surface area contributed by atoms with Crippen LogP contribution in [0, 0.1) is 12.3 Å². The Balaban J connectivity index is 1.64. The summed E-state index contributed by atoms with van der Waals surface area (Å²) in [6.07, 6.45) is 8.91. The highest BCUT2D eigenvalue weighted by atomic mass is 19.1. The molecule has 32 heavy (non-hydrogen) atoms. The van der Waals surface area contributed by atoms with Gasteiger partial charge in [-0.25, -0.2) is 18.9 Å². The standard InChI is InChI=1S/C25H23FN6/c1-3-19(26)6-7-20(27)13-22-24(18-5-9-23-28-15-29-32(23)14-18)30-25-21-8-4-16(2)12-17(21)10-11-31(22)25/h3-9,12,14-15,27H,10-11,13H2,1-2H3/b7-6-,19-3-,27-20?. The predicted molar refractivity (Wildman–Crippen MR) is 124 cm³/mol. The van der Waals surface area contributed by atoms with Gasteiger partial charge in [-0.1, -0.05) is 29.8 Å². The number of hydrogen-bond acceptors (Lipinski definition) is 4. The van der Waals surface area contributed by atoms with Gasteiger partial charge in [0.05, 0.1) is 11.4 Å². The van der Waals surface area contributed by atoms with Gasteiger partial charge in [0.1, 0.15) is 18.0 Å². The Labute approximate surface area is 185 Å². The third kappa shape index (κ3) is 3.56. The largest absolute Gasteiger partial charge is 0.327 e. The van der Waals surface area contributed by atoms with E-state index in [0.29, 0.717) is 12.1 Å². The van der Waals surface area contributed by atoms with Gasteiger partial charge in [0.15, 0.2) is 5.65 Å². The molecule has 160 valence electrons. The number of fused-ring (bicyclic) bond motifs is 4. The van der Waals surface area contributed by atoms with Crippen LogP contribution in [-0.2, 0) is 19.4 Å². The summed E-state index contributed by atoms with van der Waals surface area (Å²) in [5, 5.41) is 12.7. The van der Waals surface area contributed by atoms with Crippen molar-refractivity contribution in [2.75, 3.05) is 0 Å². The molecular weight excluding hydrogens is 403 g/mol. The molecule has 0 spiro atoms. The van der Waals surface area contributed by atoms with Crippen LogP contribution in [0.15, 0.2) is 66.9 Å². The van der Waals surface area contributed by atoms with E-state index >= 15 is 0 Å². The van der Waals surface area contributed by atoms with Crippen LogP contribution >= 0.6 is 0 Å². The highest BCUT2D eigenvalue weighted by Crippen LogP contribution is 2.35. The minimum atomic E-state index is -0.355. The second-order valence-corrected chi connectivity index (χ2v) is 7.98. The molecule has 1 N–H and O–H groups in total. The monoisotopic (exact) mass is 426 g/mol. The van der Waals surface area contributed by atoms with E-state index in [2.05, 4.69) is 39.8 Å². The van der Waals surface area contributed by atoms with Gasteiger partial charge in [0, 0.05) is 36.0 Å². The Morgan fingerprint density at radius 2 is 2.09 bits per heavy atom. The summed E-state index contributed by atoms with van der Waals surface area (Å²) in [6, 6.07) is 10.3. The number of nitrogens with zero attached hydrogens (tertiary/aromatic N) is 5. The summed E-state index contributed by atoms with van der Waals surface area (Å²) in [5.74, 6) is 0.553. The molecule has 1 aromatic carbocycles. The van der Waals surface area contributed by atoms with Gasteiger partial charge in [-0.05, 0) is 50.1 Å². The summed E-state index contributed by atoms with van der Waals surface area (Å²) < 4.78 is 17.5. The van der Waals surface area contributed by atoms with E-state index in [0.717, 1.165) is 47.0 Å². The molecule has 0 aliphatic carbocycles. The zero-order valence-electron chi connectivity index (χ0n) is 18.0. The minimum absolute atomic E-state index is 0.322. The molecule has 0 radical (unpaired) electrons. The first-order valence-electron chi connectivity index (χ1n) is 10.6. The van der Waals surface area contributed by atoms with Crippen molar-refractivity contribution in [2.24, 2.45) is 0 Å². The Morgan fingerprint density at radius 3 is 2.94 bits per heavy atom. The third-order valence-corrected chi connectivity index (χ3v) is 5.80. The quantitative estimate of drug-likeness (QED) is 0.356. The summed E-state index contributed by atoms with van der Waals surface area (Å²) >= 11 is 0. The van der Waals surface area contributed by atoms with Crippen molar-refractivity contribution in [2.45, 2.75) is 33.2 Å². The van der Waals surface area contributed by atoms with E-state index in [1.807, 2.05) is 18.3 Å². The molecule has 0 unspecified atom stereocenters. The van der Waals surface area contributed by atoms with Crippen molar-refractivity contribution in [3.05, 3.63) is 83.7 Å². The fraction of sp³-hybridized carbons (Fsp3) is 0.200. The van der Waals surface area contributed by atoms with Crippen molar-refractivity contribution >= 4 is 11.4 Å². The summed E-state index contributed by atoms with van der Waals surface area (Å²) in [7, 11) is 0. The van der Waals surface area contributed by atoms with Crippen LogP contribution in [0.3, 0.4) is 0 Å². The predicted octanol–water partition coefficient (Wildman–Crippen LogP) is 5.12. The number of rotatable bonds is 5. The minimum Gasteiger partial charge on any atom is -0.327 e. The number of allylic oxidation sites excluding steroid dienone is 4. The molecule has 0 saturated heterocycles. The van der Waals surface area contributed by atoms with Crippen LogP contribution in [0.1, 0.15) is 23.7 Å². The summed E-state index contributed by atoms with van der Waals surface area (Å²) in [5.41, 5.74) is 7.40. The first-order chi connectivity index (χ1) is 15.5. The molecule has 0 bridgehead atoms. The fourth-order valence-corrected chi connectivity index (χ4v) is 4.20. The molecule has 6 nitrogen and oxygen atoms in total. The molecule has 3 aromatic heterocycles. The van der Waals surface area contributed by atoms with Crippen LogP contribution in [-0.4, -0.2) is 29.9 Å². The molecular formula is C25H23FN6. The van der Waals surface area contributed by atoms with Crippen molar-refractivity contribution in [3.8, 4) is 22.6 Å². The highest BCUT2D eigenvalue weighted by molar-refractivity contribution is 5.95. The average Bonchev–Trinajstić information content (AvgIpc) is 3.41. The molecule has 4 heterocycles. The number of imidazole rings is 1. The SMILES string of the molecule is C/C=C(F)/C=C\C(=N)Cc1c(-c2ccc3ncnn3c2)nc2n1CCc1cc(C)ccc1-2. The van der Waals surface area contributed by atoms with E-state index < -0.39 is 0 Å². The van der Waals surface area contributed by atoms with E-state index in [1.54, 1.807) is 11.4 Å². The number of pyridine rings is 1. The topological polar surface area (TPSA) is 71.9 Å². The molecule has 0 amide bonds. The van der Waals surface area contributed by atoms with Gasteiger partial charge >= 0.3 is 0 Å².